The number of nitrogens with zero attached hydrogens (tertiary/aromatic N) is 1. The average molecular weight is 509 g/mol. The van der Waals surface area contributed by atoms with E-state index in [2.05, 4.69) is 22.9 Å². The maximum absolute atomic E-state index is 13.2. The van der Waals surface area contributed by atoms with Crippen LogP contribution in [0.5, 0.6) is 5.75 Å². The second kappa shape index (κ2) is 15.0. The van der Waals surface area contributed by atoms with E-state index in [0.717, 1.165) is 42.6 Å². The molecule has 8 heteroatoms. The SMILES string of the molecule is CCCC[C@@H]1NCCOc2ccccc2CCCNC(=O)[C@@H](Cc2ccccc2)NC(=O)CN(C)C1=O. The first-order valence-electron chi connectivity index (χ1n) is 13.3. The van der Waals surface area contributed by atoms with Crippen LogP contribution in [0.25, 0.3) is 0 Å². The number of benzene rings is 2. The molecule has 1 heterocycles. The average Bonchev–Trinajstić information content (AvgIpc) is 2.90. The van der Waals surface area contributed by atoms with Crippen LogP contribution < -0.4 is 20.7 Å². The first-order chi connectivity index (χ1) is 18.0. The lowest BCUT2D eigenvalue weighted by atomic mass is 10.0. The summed E-state index contributed by atoms with van der Waals surface area (Å²) < 4.78 is 6.03. The van der Waals surface area contributed by atoms with Crippen molar-refractivity contribution in [3.63, 3.8) is 0 Å². The van der Waals surface area contributed by atoms with Crippen molar-refractivity contribution in [2.75, 3.05) is 33.3 Å². The number of carbonyl (C=O) groups excluding carboxylic acids is 3. The van der Waals surface area contributed by atoms with E-state index in [1.807, 2.05) is 54.6 Å². The van der Waals surface area contributed by atoms with Crippen LogP contribution in [0.4, 0.5) is 0 Å². The zero-order valence-corrected chi connectivity index (χ0v) is 22.0. The zero-order chi connectivity index (χ0) is 26.5. The molecule has 200 valence electrons. The number of para-hydroxylation sites is 1. The fourth-order valence-electron chi connectivity index (χ4n) is 4.44. The van der Waals surface area contributed by atoms with Gasteiger partial charge in [-0.3, -0.25) is 14.4 Å². The quantitative estimate of drug-likeness (QED) is 0.576. The fraction of sp³-hybridized carbons (Fsp3) is 0.483. The van der Waals surface area contributed by atoms with Gasteiger partial charge in [0.15, 0.2) is 0 Å². The number of unbranched alkanes of at least 4 members (excludes halogenated alkanes) is 1. The van der Waals surface area contributed by atoms with Gasteiger partial charge < -0.3 is 25.6 Å². The molecule has 0 aromatic heterocycles. The monoisotopic (exact) mass is 508 g/mol. The molecule has 37 heavy (non-hydrogen) atoms. The van der Waals surface area contributed by atoms with Crippen LogP contribution in [0.3, 0.4) is 0 Å². The summed E-state index contributed by atoms with van der Waals surface area (Å²) in [6.45, 7) is 3.39. The molecule has 2 atom stereocenters. The van der Waals surface area contributed by atoms with Crippen LogP contribution >= 0.6 is 0 Å². The third-order valence-electron chi connectivity index (χ3n) is 6.48. The number of amides is 3. The topological polar surface area (TPSA) is 99.8 Å². The fourth-order valence-corrected chi connectivity index (χ4v) is 4.44. The Kier molecular flexibility index (Phi) is 11.4. The third-order valence-corrected chi connectivity index (χ3v) is 6.48. The standard InChI is InChI=1S/C29H40N4O4/c1-3-4-15-24-29(36)33(2)21-27(34)32-25(20-22-11-6-5-7-12-22)28(35)31-17-10-14-23-13-8-9-16-26(23)37-19-18-30-24/h5-9,11-13,16,24-25,30H,3-4,10,14-15,17-21H2,1-2H3,(H,31,35)(H,32,34)/t24-,25+/m0/s1. The Balaban J connectivity index is 1.78. The van der Waals surface area contributed by atoms with Gasteiger partial charge in [-0.05, 0) is 36.5 Å². The summed E-state index contributed by atoms with van der Waals surface area (Å²) in [4.78, 5) is 40.6. The molecule has 0 unspecified atom stereocenters. The Morgan fingerprint density at radius 3 is 2.51 bits per heavy atom. The molecule has 0 spiro atoms. The number of likely N-dealkylation sites (N-methyl/N-ethyl adjacent to an activating group) is 1. The molecular formula is C29H40N4O4. The lowest BCUT2D eigenvalue weighted by molar-refractivity contribution is -0.137. The summed E-state index contributed by atoms with van der Waals surface area (Å²) in [5.41, 5.74) is 2.02. The summed E-state index contributed by atoms with van der Waals surface area (Å²) in [7, 11) is 1.62. The summed E-state index contributed by atoms with van der Waals surface area (Å²) in [6, 6.07) is 16.4. The zero-order valence-electron chi connectivity index (χ0n) is 22.0. The van der Waals surface area contributed by atoms with Crippen LogP contribution in [-0.2, 0) is 27.2 Å². The van der Waals surface area contributed by atoms with Crippen LogP contribution in [0.1, 0.15) is 43.7 Å². The minimum absolute atomic E-state index is 0.119. The summed E-state index contributed by atoms with van der Waals surface area (Å²) in [5.74, 6) is 0.0764. The van der Waals surface area contributed by atoms with E-state index < -0.39 is 12.1 Å². The second-order valence-corrected chi connectivity index (χ2v) is 9.50. The van der Waals surface area contributed by atoms with Crippen LogP contribution in [0, 0.1) is 0 Å². The van der Waals surface area contributed by atoms with Gasteiger partial charge in [-0.2, -0.15) is 0 Å². The molecule has 1 aliphatic heterocycles. The number of rotatable bonds is 5. The number of carbonyl (C=O) groups is 3. The van der Waals surface area contributed by atoms with Gasteiger partial charge in [0.05, 0.1) is 12.6 Å². The normalized spacial score (nSPS) is 20.6. The molecule has 2 aromatic rings. The van der Waals surface area contributed by atoms with Gasteiger partial charge in [0.1, 0.15) is 18.4 Å². The number of nitrogens with one attached hydrogen (secondary N) is 3. The van der Waals surface area contributed by atoms with E-state index in [4.69, 9.17) is 4.74 Å². The van der Waals surface area contributed by atoms with Crippen molar-refractivity contribution in [2.45, 2.75) is 57.5 Å². The maximum Gasteiger partial charge on any atom is 0.242 e. The van der Waals surface area contributed by atoms with Gasteiger partial charge in [0.25, 0.3) is 0 Å². The van der Waals surface area contributed by atoms with Gasteiger partial charge in [0, 0.05) is 26.6 Å². The molecule has 3 amide bonds. The van der Waals surface area contributed by atoms with Crippen molar-refractivity contribution in [3.05, 3.63) is 65.7 Å². The van der Waals surface area contributed by atoms with Crippen LogP contribution in [-0.4, -0.2) is 68.0 Å². The smallest absolute Gasteiger partial charge is 0.242 e. The molecular weight excluding hydrogens is 468 g/mol. The molecule has 8 nitrogen and oxygen atoms in total. The van der Waals surface area contributed by atoms with E-state index >= 15 is 0 Å². The number of fused-ring (bicyclic) bond motifs is 1. The number of hydrogen-bond donors (Lipinski definition) is 3. The van der Waals surface area contributed by atoms with E-state index in [1.165, 1.54) is 4.90 Å². The predicted octanol–water partition coefficient (Wildman–Crippen LogP) is 2.46. The van der Waals surface area contributed by atoms with Gasteiger partial charge in [-0.15, -0.1) is 0 Å². The molecule has 1 aliphatic rings. The van der Waals surface area contributed by atoms with Crippen molar-refractivity contribution in [3.8, 4) is 5.75 Å². The molecule has 0 fully saturated rings. The lowest BCUT2D eigenvalue weighted by Crippen LogP contribution is -2.53. The highest BCUT2D eigenvalue weighted by molar-refractivity contribution is 5.91. The highest BCUT2D eigenvalue weighted by atomic mass is 16.5. The number of hydrogen-bond acceptors (Lipinski definition) is 5. The van der Waals surface area contributed by atoms with Crippen molar-refractivity contribution >= 4 is 17.7 Å². The largest absolute Gasteiger partial charge is 0.492 e. The van der Waals surface area contributed by atoms with Gasteiger partial charge in [-0.1, -0.05) is 68.3 Å². The lowest BCUT2D eigenvalue weighted by Gasteiger charge is -2.26. The molecule has 0 radical (unpaired) electrons. The van der Waals surface area contributed by atoms with E-state index in [0.29, 0.717) is 32.5 Å². The minimum Gasteiger partial charge on any atom is -0.492 e. The predicted molar refractivity (Wildman–Crippen MR) is 144 cm³/mol. The summed E-state index contributed by atoms with van der Waals surface area (Å²) in [5, 5.41) is 9.15. The van der Waals surface area contributed by atoms with Gasteiger partial charge >= 0.3 is 0 Å². The highest BCUT2D eigenvalue weighted by Crippen LogP contribution is 2.19. The van der Waals surface area contributed by atoms with Crippen LogP contribution in [0.2, 0.25) is 0 Å². The molecule has 2 aromatic carbocycles. The van der Waals surface area contributed by atoms with Gasteiger partial charge in [-0.25, -0.2) is 0 Å². The molecule has 3 rings (SSSR count). The Hall–Kier alpha value is -3.39. The minimum atomic E-state index is -0.734. The Bertz CT molecular complexity index is 1010. The van der Waals surface area contributed by atoms with E-state index in [-0.39, 0.29) is 24.3 Å². The Morgan fingerprint density at radius 2 is 1.73 bits per heavy atom. The third kappa shape index (κ3) is 9.21. The van der Waals surface area contributed by atoms with Crippen molar-refractivity contribution < 1.29 is 19.1 Å². The van der Waals surface area contributed by atoms with E-state index in [1.54, 1.807) is 7.05 Å². The van der Waals surface area contributed by atoms with Crippen molar-refractivity contribution in [2.24, 2.45) is 0 Å². The van der Waals surface area contributed by atoms with Crippen molar-refractivity contribution in [1.29, 1.82) is 0 Å². The maximum atomic E-state index is 13.2. The second-order valence-electron chi connectivity index (χ2n) is 9.50. The molecule has 0 bridgehead atoms. The van der Waals surface area contributed by atoms with E-state index in [9.17, 15) is 14.4 Å². The molecule has 0 saturated carbocycles. The number of aryl methyl sites for hydroxylation is 1. The Labute approximate surface area is 220 Å². The summed E-state index contributed by atoms with van der Waals surface area (Å²) in [6.07, 6.45) is 4.40. The highest BCUT2D eigenvalue weighted by Gasteiger charge is 2.26. The first kappa shape index (κ1) is 28.2. The molecule has 3 N–H and O–H groups in total. The summed E-state index contributed by atoms with van der Waals surface area (Å²) >= 11 is 0. The van der Waals surface area contributed by atoms with Crippen molar-refractivity contribution in [1.82, 2.24) is 20.9 Å². The molecule has 0 saturated heterocycles. The Morgan fingerprint density at radius 1 is 0.973 bits per heavy atom. The van der Waals surface area contributed by atoms with Gasteiger partial charge in [0.2, 0.25) is 17.7 Å². The van der Waals surface area contributed by atoms with Crippen LogP contribution in [0.15, 0.2) is 54.6 Å². The number of ether oxygens (including phenoxy) is 1. The first-order valence-corrected chi connectivity index (χ1v) is 13.3. The molecule has 0 aliphatic carbocycles.